The second-order valence-electron chi connectivity index (χ2n) is 5.49. The van der Waals surface area contributed by atoms with Crippen molar-refractivity contribution in [1.82, 2.24) is 0 Å². The van der Waals surface area contributed by atoms with Gasteiger partial charge in [0.25, 0.3) is 5.69 Å². The van der Waals surface area contributed by atoms with Crippen LogP contribution in [0.5, 0.6) is 0 Å². The molecule has 0 spiro atoms. The third-order valence-corrected chi connectivity index (χ3v) is 4.04. The van der Waals surface area contributed by atoms with Crippen LogP contribution in [0, 0.1) is 16.0 Å². The van der Waals surface area contributed by atoms with E-state index in [1.807, 2.05) is 0 Å². The molecule has 1 atom stereocenters. The smallest absolute Gasteiger partial charge is 0.269 e. The second-order valence-corrected chi connectivity index (χ2v) is 5.49. The predicted molar refractivity (Wildman–Crippen MR) is 82.5 cm³/mol. The summed E-state index contributed by atoms with van der Waals surface area (Å²) in [5, 5.41) is 22.3. The van der Waals surface area contributed by atoms with E-state index >= 15 is 0 Å². The summed E-state index contributed by atoms with van der Waals surface area (Å²) in [4.78, 5) is 10.2. The summed E-state index contributed by atoms with van der Waals surface area (Å²) in [7, 11) is 0. The van der Waals surface area contributed by atoms with Gasteiger partial charge in [0.05, 0.1) is 16.7 Å². The van der Waals surface area contributed by atoms with Gasteiger partial charge in [-0.25, -0.2) is 5.06 Å². The lowest BCUT2D eigenvalue weighted by Crippen LogP contribution is -2.40. The zero-order chi connectivity index (χ0) is 17.9. The average Bonchev–Trinajstić information content (AvgIpc) is 2.55. The van der Waals surface area contributed by atoms with E-state index in [0.717, 1.165) is 37.2 Å². The van der Waals surface area contributed by atoms with Crippen molar-refractivity contribution in [2.45, 2.75) is 45.0 Å². The van der Waals surface area contributed by atoms with E-state index in [2.05, 4.69) is 6.58 Å². The summed E-state index contributed by atoms with van der Waals surface area (Å²) in [5.41, 5.74) is 0.229. The first-order valence-electron chi connectivity index (χ1n) is 8.63. The van der Waals surface area contributed by atoms with Gasteiger partial charge in [-0.1, -0.05) is 31.4 Å². The molecular weight excluding hydrogens is 268 g/mol. The van der Waals surface area contributed by atoms with Crippen molar-refractivity contribution in [3.05, 3.63) is 46.5 Å². The maximum Gasteiger partial charge on any atom is 0.269 e. The van der Waals surface area contributed by atoms with Crippen molar-refractivity contribution in [2.75, 3.05) is 5.06 Å². The molecule has 114 valence electrons. The Morgan fingerprint density at radius 1 is 1.43 bits per heavy atom. The van der Waals surface area contributed by atoms with E-state index in [0.29, 0.717) is 5.69 Å². The van der Waals surface area contributed by atoms with Crippen LogP contribution in [0.25, 0.3) is 0 Å². The summed E-state index contributed by atoms with van der Waals surface area (Å²) in [6.45, 7) is 1.35. The van der Waals surface area contributed by atoms with Crippen LogP contribution in [0.2, 0.25) is 0 Å². The zero-order valence-electron chi connectivity index (χ0n) is 14.9. The normalized spacial score (nSPS) is 20.0. The number of rotatable bonds is 5. The van der Waals surface area contributed by atoms with Crippen LogP contribution in [0.4, 0.5) is 11.4 Å². The highest BCUT2D eigenvalue weighted by atomic mass is 16.6. The van der Waals surface area contributed by atoms with Gasteiger partial charge in [-0.05, 0) is 37.7 Å². The van der Waals surface area contributed by atoms with Crippen molar-refractivity contribution in [3.63, 3.8) is 0 Å². The highest BCUT2D eigenvalue weighted by Gasteiger charge is 2.29. The molecule has 0 heterocycles. The molecule has 1 N–H and O–H groups in total. The number of hydrogen-bond acceptors (Lipinski definition) is 4. The van der Waals surface area contributed by atoms with Crippen LogP contribution in [0.1, 0.15) is 43.1 Å². The molecule has 1 aliphatic rings. The van der Waals surface area contributed by atoms with Gasteiger partial charge in [0.1, 0.15) is 0 Å². The molecule has 1 aromatic rings. The van der Waals surface area contributed by atoms with Gasteiger partial charge in [0.2, 0.25) is 0 Å². The maximum absolute atomic E-state index is 10.7. The fourth-order valence-corrected chi connectivity index (χ4v) is 2.97. The van der Waals surface area contributed by atoms with Crippen molar-refractivity contribution >= 4 is 11.4 Å². The Balaban J connectivity index is 2.30. The van der Waals surface area contributed by atoms with Crippen LogP contribution in [-0.2, 0) is 0 Å². The molecule has 0 radical (unpaired) electrons. The van der Waals surface area contributed by atoms with Crippen molar-refractivity contribution in [3.8, 4) is 0 Å². The fourth-order valence-electron chi connectivity index (χ4n) is 2.97. The molecule has 1 aliphatic carbocycles. The number of nitro benzene ring substituents is 1. The van der Waals surface area contributed by atoms with Gasteiger partial charge in [0, 0.05) is 16.2 Å². The molecule has 5 nitrogen and oxygen atoms in total. The molecular formula is C16H22N2O3. The Morgan fingerprint density at radius 2 is 2.05 bits per heavy atom. The third-order valence-electron chi connectivity index (χ3n) is 4.04. The minimum atomic E-state index is -2.37. The van der Waals surface area contributed by atoms with Crippen LogP contribution >= 0.6 is 0 Å². The van der Waals surface area contributed by atoms with Crippen LogP contribution < -0.4 is 5.06 Å². The SMILES string of the molecule is [2H]C([2H])([2H])C(=C)C(C1CCCCC1)N(O)c1ccc([N+](=O)[O-])cc1. The molecule has 0 aliphatic heterocycles. The van der Waals surface area contributed by atoms with Crippen molar-refractivity contribution < 1.29 is 14.2 Å². The number of non-ortho nitro benzene ring substituents is 1. The number of benzene rings is 1. The second kappa shape index (κ2) is 6.72. The van der Waals surface area contributed by atoms with Gasteiger partial charge < -0.3 is 0 Å². The number of nitrogens with zero attached hydrogens (tertiary/aromatic N) is 2. The Labute approximate surface area is 129 Å². The minimum Gasteiger partial charge on any atom is -0.288 e. The van der Waals surface area contributed by atoms with Gasteiger partial charge in [-0.3, -0.25) is 15.3 Å². The monoisotopic (exact) mass is 293 g/mol. The first kappa shape index (κ1) is 11.7. The standard InChI is InChI=1S/C16H22N2O3/c1-12(2)16(13-6-4-3-5-7-13)17(19)14-8-10-15(11-9-14)18(20)21/h8-11,13,16,19H,1,3-7H2,2H3/i2D3. The largest absolute Gasteiger partial charge is 0.288 e. The molecule has 1 unspecified atom stereocenters. The van der Waals surface area contributed by atoms with Crippen molar-refractivity contribution in [1.29, 1.82) is 0 Å². The zero-order valence-corrected chi connectivity index (χ0v) is 11.9. The van der Waals surface area contributed by atoms with Gasteiger partial charge in [0.15, 0.2) is 0 Å². The summed E-state index contributed by atoms with van der Waals surface area (Å²) in [6, 6.07) is 4.67. The Hall–Kier alpha value is -1.88. The Morgan fingerprint density at radius 3 is 2.57 bits per heavy atom. The molecule has 1 fully saturated rings. The fraction of sp³-hybridized carbons (Fsp3) is 0.500. The number of nitro groups is 1. The van der Waals surface area contributed by atoms with Crippen LogP contribution in [-0.4, -0.2) is 16.2 Å². The lowest BCUT2D eigenvalue weighted by molar-refractivity contribution is -0.384. The van der Waals surface area contributed by atoms with Gasteiger partial charge in [-0.2, -0.15) is 0 Å². The summed E-state index contributed by atoms with van der Waals surface area (Å²) >= 11 is 0. The molecule has 1 saturated carbocycles. The number of anilines is 1. The predicted octanol–water partition coefficient (Wildman–Crippen LogP) is 4.32. The quantitative estimate of drug-likeness (QED) is 0.499. The van der Waals surface area contributed by atoms with Crippen molar-refractivity contribution in [2.24, 2.45) is 5.92 Å². The lowest BCUT2D eigenvalue weighted by Gasteiger charge is -2.36. The topological polar surface area (TPSA) is 66.6 Å². The highest BCUT2D eigenvalue weighted by molar-refractivity contribution is 5.50. The van der Waals surface area contributed by atoms with Gasteiger partial charge in [-0.15, -0.1) is 0 Å². The van der Waals surface area contributed by atoms with Crippen LogP contribution in [0.15, 0.2) is 36.4 Å². The van der Waals surface area contributed by atoms with E-state index in [4.69, 9.17) is 4.11 Å². The molecule has 1 aromatic carbocycles. The molecule has 0 bridgehead atoms. The van der Waals surface area contributed by atoms with E-state index in [9.17, 15) is 15.3 Å². The summed E-state index contributed by atoms with van der Waals surface area (Å²) < 4.78 is 22.9. The molecule has 21 heavy (non-hydrogen) atoms. The summed E-state index contributed by atoms with van der Waals surface area (Å²) in [5.74, 6) is -0.00753. The molecule has 0 amide bonds. The average molecular weight is 293 g/mol. The maximum atomic E-state index is 10.7. The number of hydroxylamine groups is 1. The van der Waals surface area contributed by atoms with E-state index < -0.39 is 17.8 Å². The highest BCUT2D eigenvalue weighted by Crippen LogP contribution is 2.33. The lowest BCUT2D eigenvalue weighted by atomic mass is 9.81. The Bertz CT molecular complexity index is 596. The Kier molecular flexibility index (Phi) is 3.76. The van der Waals surface area contributed by atoms with E-state index in [1.165, 1.54) is 24.3 Å². The van der Waals surface area contributed by atoms with Gasteiger partial charge >= 0.3 is 0 Å². The minimum absolute atomic E-state index is 0.00440. The molecule has 5 heteroatoms. The molecule has 0 saturated heterocycles. The van der Waals surface area contributed by atoms with E-state index in [1.54, 1.807) is 0 Å². The van der Waals surface area contributed by atoms with Crippen LogP contribution in [0.3, 0.4) is 0 Å². The third kappa shape index (κ3) is 3.61. The number of hydrogen-bond donors (Lipinski definition) is 1. The summed E-state index contributed by atoms with van der Waals surface area (Å²) in [6.07, 6.45) is 4.73. The molecule has 0 aromatic heterocycles. The molecule has 2 rings (SSSR count). The first-order valence-corrected chi connectivity index (χ1v) is 7.13. The van der Waals surface area contributed by atoms with E-state index in [-0.39, 0.29) is 17.2 Å². The first-order chi connectivity index (χ1) is 11.2.